The first-order valence-electron chi connectivity index (χ1n) is 13.0. The monoisotopic (exact) mass is 556 g/mol. The van der Waals surface area contributed by atoms with E-state index < -0.39 is 6.03 Å². The van der Waals surface area contributed by atoms with Gasteiger partial charge in [-0.3, -0.25) is 19.8 Å². The van der Waals surface area contributed by atoms with Crippen molar-refractivity contribution < 1.29 is 23.9 Å². The molecule has 13 heteroatoms. The van der Waals surface area contributed by atoms with Crippen LogP contribution in [-0.2, 0) is 29.0 Å². The third kappa shape index (κ3) is 6.07. The van der Waals surface area contributed by atoms with E-state index in [2.05, 4.69) is 31.7 Å². The Morgan fingerprint density at radius 3 is 2.93 bits per heavy atom. The number of morpholine rings is 1. The van der Waals surface area contributed by atoms with Gasteiger partial charge in [0.2, 0.25) is 11.8 Å². The van der Waals surface area contributed by atoms with Crippen LogP contribution in [-0.4, -0.2) is 71.5 Å². The second-order valence-corrected chi connectivity index (χ2v) is 9.44. The Hall–Kier alpha value is -5.09. The van der Waals surface area contributed by atoms with Gasteiger partial charge in [-0.2, -0.15) is 5.26 Å². The number of nitrogens with one attached hydrogen (secondary N) is 2. The number of pyridine rings is 3. The average Bonchev–Trinajstić information content (AvgIpc) is 3.00. The molecule has 210 valence electrons. The topological polar surface area (TPSA) is 163 Å². The van der Waals surface area contributed by atoms with E-state index in [1.54, 1.807) is 23.2 Å². The van der Waals surface area contributed by atoms with Crippen LogP contribution in [0.2, 0.25) is 0 Å². The number of aromatic nitrogens is 3. The molecule has 3 aromatic heterocycles. The second kappa shape index (κ2) is 12.4. The van der Waals surface area contributed by atoms with Crippen LogP contribution in [0.1, 0.15) is 39.2 Å². The fourth-order valence-electron chi connectivity index (χ4n) is 4.78. The molecule has 1 saturated heterocycles. The Labute approximate surface area is 236 Å². The van der Waals surface area contributed by atoms with Gasteiger partial charge in [-0.05, 0) is 30.5 Å². The molecule has 5 rings (SSSR count). The molecule has 3 aromatic rings. The number of hydrogen-bond donors (Lipinski definition) is 2. The van der Waals surface area contributed by atoms with E-state index in [0.29, 0.717) is 73.9 Å². The minimum Gasteiger partial charge on any atom is -0.481 e. The highest BCUT2D eigenvalue weighted by Crippen LogP contribution is 2.29. The molecule has 0 atom stereocenters. The molecular weight excluding hydrogens is 528 g/mol. The number of nitriles is 1. The van der Waals surface area contributed by atoms with Gasteiger partial charge >= 0.3 is 6.03 Å². The predicted molar refractivity (Wildman–Crippen MR) is 148 cm³/mol. The van der Waals surface area contributed by atoms with Gasteiger partial charge in [0.05, 0.1) is 25.0 Å². The first-order valence-corrected chi connectivity index (χ1v) is 13.0. The lowest BCUT2D eigenvalue weighted by molar-refractivity contribution is -0.143. The molecule has 1 fully saturated rings. The van der Waals surface area contributed by atoms with Crippen LogP contribution in [0.15, 0.2) is 36.7 Å². The molecule has 0 bridgehead atoms. The van der Waals surface area contributed by atoms with Crippen molar-refractivity contribution in [1.82, 2.24) is 19.9 Å². The molecule has 0 aromatic carbocycles. The molecule has 2 aliphatic rings. The van der Waals surface area contributed by atoms with E-state index >= 15 is 0 Å². The Balaban J connectivity index is 1.34. The summed E-state index contributed by atoms with van der Waals surface area (Å²) in [4.78, 5) is 53.6. The molecule has 41 heavy (non-hydrogen) atoms. The first kappa shape index (κ1) is 27.5. The SMILES string of the molecule is COc1ncccc1CNc1cc(NC(=O)N2CCCc3cc(CN4CCOCC4=O)c(C=O)nc32)ncc1C#N. The van der Waals surface area contributed by atoms with Crippen molar-refractivity contribution in [1.29, 1.82) is 5.26 Å². The number of nitrogens with zero attached hydrogens (tertiary/aromatic N) is 6. The summed E-state index contributed by atoms with van der Waals surface area (Å²) in [6.07, 6.45) is 5.02. The van der Waals surface area contributed by atoms with Gasteiger partial charge in [-0.1, -0.05) is 6.07 Å². The summed E-state index contributed by atoms with van der Waals surface area (Å²) in [5.41, 5.74) is 3.19. The van der Waals surface area contributed by atoms with Gasteiger partial charge < -0.3 is 19.7 Å². The summed E-state index contributed by atoms with van der Waals surface area (Å²) in [5, 5.41) is 15.5. The van der Waals surface area contributed by atoms with Gasteiger partial charge in [-0.15, -0.1) is 0 Å². The third-order valence-electron chi connectivity index (χ3n) is 6.85. The number of carbonyl (C=O) groups is 3. The van der Waals surface area contributed by atoms with E-state index in [1.807, 2.05) is 12.1 Å². The molecule has 2 aliphatic heterocycles. The normalized spacial score (nSPS) is 14.6. The summed E-state index contributed by atoms with van der Waals surface area (Å²) in [7, 11) is 1.53. The Morgan fingerprint density at radius 1 is 1.27 bits per heavy atom. The molecule has 0 saturated carbocycles. The van der Waals surface area contributed by atoms with Crippen LogP contribution in [0.3, 0.4) is 0 Å². The van der Waals surface area contributed by atoms with Gasteiger partial charge in [0, 0.05) is 55.8 Å². The predicted octanol–water partition coefficient (Wildman–Crippen LogP) is 2.52. The van der Waals surface area contributed by atoms with E-state index in [1.165, 1.54) is 18.2 Å². The maximum Gasteiger partial charge on any atom is 0.328 e. The van der Waals surface area contributed by atoms with E-state index in [9.17, 15) is 19.6 Å². The number of anilines is 3. The van der Waals surface area contributed by atoms with Crippen molar-refractivity contribution in [2.24, 2.45) is 0 Å². The fourth-order valence-corrected chi connectivity index (χ4v) is 4.78. The van der Waals surface area contributed by atoms with Gasteiger partial charge in [0.1, 0.15) is 30.0 Å². The van der Waals surface area contributed by atoms with Crippen molar-refractivity contribution in [3.8, 4) is 11.9 Å². The lowest BCUT2D eigenvalue weighted by atomic mass is 10.0. The lowest BCUT2D eigenvalue weighted by Gasteiger charge is -2.30. The quantitative estimate of drug-likeness (QED) is 0.394. The summed E-state index contributed by atoms with van der Waals surface area (Å²) in [6, 6.07) is 8.70. The van der Waals surface area contributed by atoms with Gasteiger partial charge in [0.25, 0.3) is 0 Å². The van der Waals surface area contributed by atoms with Crippen LogP contribution < -0.4 is 20.3 Å². The molecule has 0 unspecified atom stereocenters. The van der Waals surface area contributed by atoms with Gasteiger partial charge in [0.15, 0.2) is 6.29 Å². The number of amides is 3. The van der Waals surface area contributed by atoms with Crippen LogP contribution in [0.25, 0.3) is 0 Å². The fraction of sp³-hybridized carbons (Fsp3) is 0.321. The number of methoxy groups -OCH3 is 1. The Morgan fingerprint density at radius 2 is 2.15 bits per heavy atom. The molecule has 0 radical (unpaired) electrons. The zero-order chi connectivity index (χ0) is 28.8. The number of urea groups is 1. The largest absolute Gasteiger partial charge is 0.481 e. The zero-order valence-electron chi connectivity index (χ0n) is 22.4. The van der Waals surface area contributed by atoms with E-state index in [-0.39, 0.29) is 30.6 Å². The van der Waals surface area contributed by atoms with Crippen molar-refractivity contribution >= 4 is 35.5 Å². The van der Waals surface area contributed by atoms with E-state index in [0.717, 1.165) is 11.1 Å². The molecule has 13 nitrogen and oxygen atoms in total. The van der Waals surface area contributed by atoms with Crippen LogP contribution in [0, 0.1) is 11.3 Å². The highest BCUT2D eigenvalue weighted by Gasteiger charge is 2.28. The summed E-state index contributed by atoms with van der Waals surface area (Å²) >= 11 is 0. The minimum atomic E-state index is -0.469. The molecular formula is C28H28N8O5. The standard InChI is InChI=1S/C28H28N8O5/c1-40-27-19(4-2-6-30-27)13-31-22-11-24(32-14-21(22)12-29)34-28(39)36-7-3-5-18-10-20(23(16-37)33-26(18)36)15-35-8-9-41-17-25(35)38/h2,4,6,10-11,14,16H,3,5,7-9,13,15,17H2,1H3,(H2,31,32,34,39). The number of hydrogen-bond acceptors (Lipinski definition) is 10. The highest BCUT2D eigenvalue weighted by molar-refractivity contribution is 6.02. The van der Waals surface area contributed by atoms with Crippen molar-refractivity contribution in [3.05, 3.63) is 64.6 Å². The number of carbonyl (C=O) groups excluding carboxylic acids is 3. The third-order valence-corrected chi connectivity index (χ3v) is 6.85. The smallest absolute Gasteiger partial charge is 0.328 e. The molecule has 3 amide bonds. The van der Waals surface area contributed by atoms with Crippen molar-refractivity contribution in [2.45, 2.75) is 25.9 Å². The summed E-state index contributed by atoms with van der Waals surface area (Å²) in [6.45, 7) is 1.87. The molecule has 0 spiro atoms. The lowest BCUT2D eigenvalue weighted by Crippen LogP contribution is -2.42. The first-order chi connectivity index (χ1) is 20.0. The van der Waals surface area contributed by atoms with Crippen molar-refractivity contribution in [3.63, 3.8) is 0 Å². The number of rotatable bonds is 8. The number of aryl methyl sites for hydroxylation is 1. The van der Waals surface area contributed by atoms with Crippen LogP contribution in [0.5, 0.6) is 5.88 Å². The molecule has 5 heterocycles. The van der Waals surface area contributed by atoms with Gasteiger partial charge in [-0.25, -0.2) is 19.7 Å². The second-order valence-electron chi connectivity index (χ2n) is 9.44. The Bertz CT molecular complexity index is 1520. The zero-order valence-corrected chi connectivity index (χ0v) is 22.4. The summed E-state index contributed by atoms with van der Waals surface area (Å²) in [5.74, 6) is 0.949. The summed E-state index contributed by atoms with van der Waals surface area (Å²) < 4.78 is 10.5. The van der Waals surface area contributed by atoms with Crippen LogP contribution >= 0.6 is 0 Å². The van der Waals surface area contributed by atoms with Crippen molar-refractivity contribution in [2.75, 3.05) is 48.9 Å². The number of fused-ring (bicyclic) bond motifs is 1. The minimum absolute atomic E-state index is 0.0149. The maximum absolute atomic E-state index is 13.4. The maximum atomic E-state index is 13.4. The number of ether oxygens (including phenoxy) is 2. The number of aldehydes is 1. The van der Waals surface area contributed by atoms with Crippen LogP contribution in [0.4, 0.5) is 22.1 Å². The van der Waals surface area contributed by atoms with E-state index in [4.69, 9.17) is 9.47 Å². The molecule has 0 aliphatic carbocycles. The molecule has 2 N–H and O–H groups in total. The average molecular weight is 557 g/mol. The Kier molecular flexibility index (Phi) is 8.31. The highest BCUT2D eigenvalue weighted by atomic mass is 16.5.